The second kappa shape index (κ2) is 10.4. The van der Waals surface area contributed by atoms with Crippen LogP contribution in [0.15, 0.2) is 41.8 Å². The highest BCUT2D eigenvalue weighted by Gasteiger charge is 2.05. The zero-order valence-corrected chi connectivity index (χ0v) is 18.8. The average molecular weight is 497 g/mol. The summed E-state index contributed by atoms with van der Waals surface area (Å²) < 4.78 is 1.74. The van der Waals surface area contributed by atoms with Crippen LogP contribution < -0.4 is 10.6 Å². The topological polar surface area (TPSA) is 80.0 Å². The van der Waals surface area contributed by atoms with Crippen LogP contribution in [0.3, 0.4) is 0 Å². The summed E-state index contributed by atoms with van der Waals surface area (Å²) in [7, 11) is 0. The summed E-state index contributed by atoms with van der Waals surface area (Å²) in [5.74, 6) is 1.56. The average Bonchev–Trinajstić information content (AvgIpc) is 3.28. The molecule has 0 saturated heterocycles. The number of aryl methyl sites for hydroxylation is 2. The molecule has 3 heterocycles. The third-order valence-electron chi connectivity index (χ3n) is 3.79. The summed E-state index contributed by atoms with van der Waals surface area (Å²) in [6, 6.07) is 5.84. The lowest BCUT2D eigenvalue weighted by Crippen LogP contribution is -2.36. The first-order chi connectivity index (χ1) is 12.7. The molecule has 0 radical (unpaired) electrons. The highest BCUT2D eigenvalue weighted by Crippen LogP contribution is 2.15. The predicted molar refractivity (Wildman–Crippen MR) is 120 cm³/mol. The maximum Gasteiger partial charge on any atom is 0.191 e. The van der Waals surface area contributed by atoms with Gasteiger partial charge >= 0.3 is 0 Å². The molecule has 0 saturated carbocycles. The third-order valence-corrected chi connectivity index (χ3v) is 4.87. The predicted octanol–water partition coefficient (Wildman–Crippen LogP) is 3.21. The van der Waals surface area contributed by atoms with E-state index in [4.69, 9.17) is 0 Å². The number of hydrogen-bond acceptors (Lipinski definition) is 5. The minimum absolute atomic E-state index is 0. The Bertz CT molecular complexity index is 854. The van der Waals surface area contributed by atoms with E-state index in [0.29, 0.717) is 13.1 Å². The second-order valence-electron chi connectivity index (χ2n) is 5.77. The lowest BCUT2D eigenvalue weighted by atomic mass is 10.2. The van der Waals surface area contributed by atoms with Gasteiger partial charge in [-0.05, 0) is 44.5 Å². The van der Waals surface area contributed by atoms with Crippen molar-refractivity contribution >= 4 is 41.3 Å². The number of aliphatic imine (C=N–C) groups is 1. The first-order valence-corrected chi connectivity index (χ1v) is 9.37. The van der Waals surface area contributed by atoms with Gasteiger partial charge < -0.3 is 10.6 Å². The van der Waals surface area contributed by atoms with E-state index in [1.54, 1.807) is 28.4 Å². The van der Waals surface area contributed by atoms with Crippen molar-refractivity contribution in [2.45, 2.75) is 33.9 Å². The summed E-state index contributed by atoms with van der Waals surface area (Å²) in [6.45, 7) is 8.21. The second-order valence-corrected chi connectivity index (χ2v) is 7.06. The Balaban J connectivity index is 0.00000261. The molecular formula is C18H24IN7S. The first-order valence-electron chi connectivity index (χ1n) is 8.55. The maximum absolute atomic E-state index is 4.66. The van der Waals surface area contributed by atoms with Gasteiger partial charge in [-0.15, -0.1) is 35.3 Å². The van der Waals surface area contributed by atoms with Gasteiger partial charge in [0.1, 0.15) is 5.01 Å². The molecule has 0 spiro atoms. The molecule has 27 heavy (non-hydrogen) atoms. The molecule has 0 amide bonds. The lowest BCUT2D eigenvalue weighted by Gasteiger charge is -2.10. The van der Waals surface area contributed by atoms with Crippen LogP contribution in [0.2, 0.25) is 0 Å². The molecule has 0 unspecified atom stereocenters. The van der Waals surface area contributed by atoms with E-state index in [1.165, 1.54) is 4.88 Å². The number of nitrogens with one attached hydrogen (secondary N) is 2. The first kappa shape index (κ1) is 21.3. The Hall–Kier alpha value is -2.01. The van der Waals surface area contributed by atoms with Crippen molar-refractivity contribution in [3.05, 3.63) is 57.9 Å². The third kappa shape index (κ3) is 5.99. The van der Waals surface area contributed by atoms with Gasteiger partial charge in [-0.2, -0.15) is 5.10 Å². The molecule has 9 heteroatoms. The monoisotopic (exact) mass is 497 g/mol. The van der Waals surface area contributed by atoms with Crippen LogP contribution >= 0.6 is 35.3 Å². The number of aromatic nitrogens is 4. The van der Waals surface area contributed by atoms with Gasteiger partial charge in [0.05, 0.1) is 18.8 Å². The van der Waals surface area contributed by atoms with E-state index in [9.17, 15) is 0 Å². The van der Waals surface area contributed by atoms with Crippen LogP contribution in [-0.4, -0.2) is 32.3 Å². The fourth-order valence-corrected chi connectivity index (χ4v) is 3.25. The van der Waals surface area contributed by atoms with Crippen LogP contribution in [-0.2, 0) is 13.1 Å². The minimum atomic E-state index is 0. The van der Waals surface area contributed by atoms with E-state index >= 15 is 0 Å². The zero-order chi connectivity index (χ0) is 18.4. The summed E-state index contributed by atoms with van der Waals surface area (Å²) in [6.07, 6.45) is 5.39. The molecule has 0 aromatic carbocycles. The Morgan fingerprint density at radius 2 is 2.11 bits per heavy atom. The van der Waals surface area contributed by atoms with Crippen molar-refractivity contribution in [2.75, 3.05) is 6.54 Å². The maximum atomic E-state index is 4.66. The summed E-state index contributed by atoms with van der Waals surface area (Å²) in [5.41, 5.74) is 2.17. The largest absolute Gasteiger partial charge is 0.357 e. The molecule has 2 N–H and O–H groups in total. The van der Waals surface area contributed by atoms with Crippen LogP contribution in [0, 0.1) is 13.8 Å². The Morgan fingerprint density at radius 1 is 1.26 bits per heavy atom. The molecule has 144 valence electrons. The number of guanidine groups is 1. The van der Waals surface area contributed by atoms with Crippen molar-refractivity contribution in [2.24, 2.45) is 4.99 Å². The molecular weight excluding hydrogens is 473 g/mol. The van der Waals surface area contributed by atoms with Crippen LogP contribution in [0.4, 0.5) is 0 Å². The van der Waals surface area contributed by atoms with E-state index < -0.39 is 0 Å². The molecule has 3 aromatic heterocycles. The fourth-order valence-electron chi connectivity index (χ4n) is 2.37. The number of nitrogens with zero attached hydrogens (tertiary/aromatic N) is 5. The van der Waals surface area contributed by atoms with Crippen molar-refractivity contribution in [3.63, 3.8) is 0 Å². The van der Waals surface area contributed by atoms with Gasteiger partial charge in [-0.1, -0.05) is 0 Å². The highest BCUT2D eigenvalue weighted by atomic mass is 127. The number of halogens is 1. The van der Waals surface area contributed by atoms with Crippen molar-refractivity contribution in [1.82, 2.24) is 30.4 Å². The molecule has 0 atom stereocenters. The molecule has 3 aromatic rings. The quantitative estimate of drug-likeness (QED) is 0.311. The van der Waals surface area contributed by atoms with Crippen LogP contribution in [0.5, 0.6) is 0 Å². The summed E-state index contributed by atoms with van der Waals surface area (Å²) in [5, 5.41) is 11.9. The van der Waals surface area contributed by atoms with E-state index in [0.717, 1.165) is 34.6 Å². The summed E-state index contributed by atoms with van der Waals surface area (Å²) >= 11 is 1.71. The van der Waals surface area contributed by atoms with Crippen LogP contribution in [0.1, 0.15) is 28.1 Å². The molecule has 0 aliphatic rings. The normalized spacial score (nSPS) is 11.1. The van der Waals surface area contributed by atoms with Gasteiger partial charge in [0.25, 0.3) is 0 Å². The highest BCUT2D eigenvalue weighted by molar-refractivity contribution is 14.0. The molecule has 7 nitrogen and oxygen atoms in total. The van der Waals surface area contributed by atoms with Crippen molar-refractivity contribution in [3.8, 4) is 5.82 Å². The molecule has 0 fully saturated rings. The number of thiazole rings is 1. The Kier molecular flexibility index (Phi) is 8.17. The van der Waals surface area contributed by atoms with E-state index in [1.807, 2.05) is 31.3 Å². The Morgan fingerprint density at radius 3 is 2.78 bits per heavy atom. The van der Waals surface area contributed by atoms with E-state index in [2.05, 4.69) is 44.5 Å². The number of pyridine rings is 1. The van der Waals surface area contributed by atoms with Crippen LogP contribution in [0.25, 0.3) is 5.82 Å². The lowest BCUT2D eigenvalue weighted by molar-refractivity contribution is 0.807. The SMILES string of the molecule is CCNC(=NCc1ccnc(-n2cccn2)c1)NCc1nc(C)c(C)s1.I. The minimum Gasteiger partial charge on any atom is -0.357 e. The van der Waals surface area contributed by atoms with Gasteiger partial charge in [0.15, 0.2) is 11.8 Å². The van der Waals surface area contributed by atoms with Crippen molar-refractivity contribution < 1.29 is 0 Å². The van der Waals surface area contributed by atoms with E-state index in [-0.39, 0.29) is 24.0 Å². The number of hydrogen-bond donors (Lipinski definition) is 2. The standard InChI is InChI=1S/C18H23N7S.HI/c1-4-19-18(22-12-17-24-13(2)14(3)26-17)21-11-15-6-8-20-16(10-15)25-9-5-7-23-25;/h5-10H,4,11-12H2,1-3H3,(H2,19,21,22);1H. The number of rotatable bonds is 6. The van der Waals surface area contributed by atoms with Gasteiger partial charge in [-0.25, -0.2) is 19.6 Å². The molecule has 0 bridgehead atoms. The molecule has 0 aliphatic carbocycles. The fraction of sp³-hybridized carbons (Fsp3) is 0.333. The zero-order valence-electron chi connectivity index (χ0n) is 15.6. The van der Waals surface area contributed by atoms with Gasteiger partial charge in [0, 0.05) is 30.0 Å². The molecule has 3 rings (SSSR count). The molecule has 0 aliphatic heterocycles. The van der Waals surface area contributed by atoms with Crippen molar-refractivity contribution in [1.29, 1.82) is 0 Å². The van der Waals surface area contributed by atoms with Gasteiger partial charge in [0.2, 0.25) is 0 Å². The van der Waals surface area contributed by atoms with Gasteiger partial charge in [-0.3, -0.25) is 0 Å². The smallest absolute Gasteiger partial charge is 0.191 e. The summed E-state index contributed by atoms with van der Waals surface area (Å²) in [4.78, 5) is 14.8. The Labute approximate surface area is 180 Å².